The number of methoxy groups -OCH3 is 1. The second-order valence-electron chi connectivity index (χ2n) is 5.31. The van der Waals surface area contributed by atoms with Crippen LogP contribution in [0, 0.1) is 5.92 Å². The third-order valence-electron chi connectivity index (χ3n) is 3.84. The van der Waals surface area contributed by atoms with Crippen LogP contribution >= 0.6 is 0 Å². The molecule has 0 aliphatic carbocycles. The topological polar surface area (TPSA) is 65.0 Å². The van der Waals surface area contributed by atoms with Crippen molar-refractivity contribution >= 4 is 5.97 Å². The van der Waals surface area contributed by atoms with E-state index < -0.39 is 18.2 Å². The number of aliphatic hydroxyl groups excluding tert-OH is 1. The summed E-state index contributed by atoms with van der Waals surface area (Å²) in [6.45, 7) is 2.25. The van der Waals surface area contributed by atoms with Gasteiger partial charge in [0.2, 0.25) is 0 Å². The summed E-state index contributed by atoms with van der Waals surface area (Å²) in [7, 11) is 1.33. The van der Waals surface area contributed by atoms with Crippen molar-refractivity contribution in [3.05, 3.63) is 35.9 Å². The van der Waals surface area contributed by atoms with Gasteiger partial charge in [-0.2, -0.15) is 0 Å². The number of aliphatic hydroxyl groups is 1. The van der Waals surface area contributed by atoms with Gasteiger partial charge >= 0.3 is 5.97 Å². The molecule has 1 aromatic carbocycles. The summed E-state index contributed by atoms with van der Waals surface area (Å²) in [6.07, 6.45) is -0.675. The first-order chi connectivity index (χ1) is 10.2. The van der Waals surface area contributed by atoms with Crippen LogP contribution in [-0.2, 0) is 25.6 Å². The maximum Gasteiger partial charge on any atom is 0.335 e. The van der Waals surface area contributed by atoms with E-state index in [1.807, 2.05) is 37.3 Å². The van der Waals surface area contributed by atoms with E-state index in [0.29, 0.717) is 13.0 Å². The second-order valence-corrected chi connectivity index (χ2v) is 5.31. The summed E-state index contributed by atoms with van der Waals surface area (Å²) in [5.41, 5.74) is 1.08. The number of benzene rings is 1. The minimum Gasteiger partial charge on any atom is -0.467 e. The number of carbonyl (C=O) groups excluding carboxylic acids is 1. The minimum atomic E-state index is -0.693. The monoisotopic (exact) mass is 294 g/mol. The lowest BCUT2D eigenvalue weighted by molar-refractivity contribution is -0.191. The molecule has 1 aliphatic heterocycles. The average Bonchev–Trinajstić information content (AvgIpc) is 2.54. The third kappa shape index (κ3) is 4.03. The van der Waals surface area contributed by atoms with E-state index in [-0.39, 0.29) is 18.6 Å². The Morgan fingerprint density at radius 1 is 1.38 bits per heavy atom. The molecule has 0 unspecified atom stereocenters. The maximum absolute atomic E-state index is 11.8. The zero-order chi connectivity index (χ0) is 15.2. The van der Waals surface area contributed by atoms with Crippen molar-refractivity contribution in [3.63, 3.8) is 0 Å². The molecule has 0 saturated carbocycles. The maximum atomic E-state index is 11.8. The van der Waals surface area contributed by atoms with E-state index in [0.717, 1.165) is 5.56 Å². The molecule has 0 radical (unpaired) electrons. The fourth-order valence-corrected chi connectivity index (χ4v) is 2.56. The molecule has 1 N–H and O–H groups in total. The lowest BCUT2D eigenvalue weighted by Gasteiger charge is -2.38. The summed E-state index contributed by atoms with van der Waals surface area (Å²) in [5, 5.41) is 9.32. The van der Waals surface area contributed by atoms with Crippen molar-refractivity contribution in [1.82, 2.24) is 0 Å². The van der Waals surface area contributed by atoms with Gasteiger partial charge in [0, 0.05) is 12.3 Å². The Hall–Kier alpha value is -1.43. The second kappa shape index (κ2) is 7.54. The zero-order valence-electron chi connectivity index (χ0n) is 12.4. The van der Waals surface area contributed by atoms with E-state index in [1.165, 1.54) is 7.11 Å². The van der Waals surface area contributed by atoms with Crippen molar-refractivity contribution in [2.45, 2.75) is 38.3 Å². The highest BCUT2D eigenvalue weighted by atomic mass is 16.6. The molecule has 21 heavy (non-hydrogen) atoms. The van der Waals surface area contributed by atoms with Crippen LogP contribution in [0.2, 0.25) is 0 Å². The molecule has 116 valence electrons. The van der Waals surface area contributed by atoms with Gasteiger partial charge in [0.15, 0.2) is 6.10 Å². The van der Waals surface area contributed by atoms with Crippen LogP contribution in [0.25, 0.3) is 0 Å². The zero-order valence-corrected chi connectivity index (χ0v) is 12.4. The summed E-state index contributed by atoms with van der Waals surface area (Å²) >= 11 is 0. The van der Waals surface area contributed by atoms with Crippen LogP contribution in [0.15, 0.2) is 30.3 Å². The van der Waals surface area contributed by atoms with Crippen LogP contribution in [0.3, 0.4) is 0 Å². The molecule has 0 spiro atoms. The summed E-state index contributed by atoms with van der Waals surface area (Å²) in [6, 6.07) is 9.85. The van der Waals surface area contributed by atoms with Crippen molar-refractivity contribution in [2.75, 3.05) is 13.7 Å². The van der Waals surface area contributed by atoms with Gasteiger partial charge in [0.05, 0.1) is 32.5 Å². The Bertz CT molecular complexity index is 447. The summed E-state index contributed by atoms with van der Waals surface area (Å²) < 4.78 is 16.3. The molecule has 1 heterocycles. The first-order valence-corrected chi connectivity index (χ1v) is 7.15. The van der Waals surface area contributed by atoms with E-state index in [4.69, 9.17) is 14.2 Å². The van der Waals surface area contributed by atoms with Gasteiger partial charge in [0.1, 0.15) is 0 Å². The van der Waals surface area contributed by atoms with Gasteiger partial charge in [-0.1, -0.05) is 37.3 Å². The number of rotatable bonds is 5. The Morgan fingerprint density at radius 3 is 2.71 bits per heavy atom. The van der Waals surface area contributed by atoms with E-state index in [2.05, 4.69) is 0 Å². The van der Waals surface area contributed by atoms with Crippen LogP contribution in [0.1, 0.15) is 18.9 Å². The van der Waals surface area contributed by atoms with Crippen LogP contribution in [-0.4, -0.2) is 43.1 Å². The van der Waals surface area contributed by atoms with Crippen molar-refractivity contribution < 1.29 is 24.1 Å². The third-order valence-corrected chi connectivity index (χ3v) is 3.84. The fraction of sp³-hybridized carbons (Fsp3) is 0.562. The normalized spacial score (nSPS) is 29.1. The number of hydrogen-bond donors (Lipinski definition) is 1. The molecule has 1 aromatic rings. The first kappa shape index (κ1) is 15.9. The molecule has 1 saturated heterocycles. The number of hydrogen-bond acceptors (Lipinski definition) is 5. The molecule has 1 fully saturated rings. The Labute approximate surface area is 124 Å². The summed E-state index contributed by atoms with van der Waals surface area (Å²) in [5.74, 6) is -0.544. The smallest absolute Gasteiger partial charge is 0.335 e. The largest absolute Gasteiger partial charge is 0.467 e. The Kier molecular flexibility index (Phi) is 5.73. The predicted molar refractivity (Wildman–Crippen MR) is 76.6 cm³/mol. The van der Waals surface area contributed by atoms with Crippen molar-refractivity contribution in [1.29, 1.82) is 0 Å². The van der Waals surface area contributed by atoms with Crippen LogP contribution in [0.4, 0.5) is 0 Å². The van der Waals surface area contributed by atoms with Gasteiger partial charge in [-0.3, -0.25) is 0 Å². The fourth-order valence-electron chi connectivity index (χ4n) is 2.56. The molecular weight excluding hydrogens is 272 g/mol. The molecule has 0 bridgehead atoms. The van der Waals surface area contributed by atoms with Gasteiger partial charge in [-0.25, -0.2) is 4.79 Å². The molecule has 0 amide bonds. The number of carbonyl (C=O) groups is 1. The molecule has 1 aliphatic rings. The first-order valence-electron chi connectivity index (χ1n) is 7.15. The van der Waals surface area contributed by atoms with E-state index in [1.54, 1.807) is 0 Å². The van der Waals surface area contributed by atoms with Gasteiger partial charge in [-0.05, 0) is 5.56 Å². The quantitative estimate of drug-likeness (QED) is 0.834. The van der Waals surface area contributed by atoms with E-state index >= 15 is 0 Å². The highest BCUT2D eigenvalue weighted by Crippen LogP contribution is 2.29. The Balaban J connectivity index is 2.00. The molecular formula is C16H22O5. The lowest BCUT2D eigenvalue weighted by atomic mass is 9.90. The highest BCUT2D eigenvalue weighted by molar-refractivity contribution is 5.75. The molecule has 5 nitrogen and oxygen atoms in total. The standard InChI is InChI=1S/C16H22O5/c1-11-14(20-10-12-6-4-3-5-7-12)8-13(9-17)21-15(11)16(18)19-2/h3-7,11,13-15,17H,8-10H2,1-2H3/t11-,13-,14+,15+/m1/s1. The number of esters is 1. The predicted octanol–water partition coefficient (Wildman–Crippen LogP) is 1.53. The molecule has 0 aromatic heterocycles. The Morgan fingerprint density at radius 2 is 2.10 bits per heavy atom. The summed E-state index contributed by atoms with van der Waals surface area (Å²) in [4.78, 5) is 11.8. The number of ether oxygens (including phenoxy) is 3. The molecule has 5 heteroatoms. The van der Waals surface area contributed by atoms with E-state index in [9.17, 15) is 9.90 Å². The molecule has 2 rings (SSSR count). The lowest BCUT2D eigenvalue weighted by Crippen LogP contribution is -2.49. The highest BCUT2D eigenvalue weighted by Gasteiger charge is 2.40. The van der Waals surface area contributed by atoms with Gasteiger partial charge in [0.25, 0.3) is 0 Å². The average molecular weight is 294 g/mol. The van der Waals surface area contributed by atoms with Gasteiger partial charge < -0.3 is 19.3 Å². The van der Waals surface area contributed by atoms with Crippen LogP contribution in [0.5, 0.6) is 0 Å². The van der Waals surface area contributed by atoms with Crippen molar-refractivity contribution in [3.8, 4) is 0 Å². The SMILES string of the molecule is COC(=O)[C@H]1O[C@@H](CO)C[C@H](OCc2ccccc2)[C@H]1C. The van der Waals surface area contributed by atoms with Gasteiger partial charge in [-0.15, -0.1) is 0 Å². The van der Waals surface area contributed by atoms with Crippen molar-refractivity contribution in [2.24, 2.45) is 5.92 Å². The van der Waals surface area contributed by atoms with Crippen LogP contribution < -0.4 is 0 Å². The molecule has 4 atom stereocenters. The minimum absolute atomic E-state index is 0.121.